The number of hydrogen-bond acceptors (Lipinski definition) is 5. The van der Waals surface area contributed by atoms with E-state index in [0.29, 0.717) is 21.4 Å². The molecule has 0 fully saturated rings. The van der Waals surface area contributed by atoms with Gasteiger partial charge in [0.2, 0.25) is 0 Å². The van der Waals surface area contributed by atoms with Crippen molar-refractivity contribution in [2.75, 3.05) is 0 Å². The summed E-state index contributed by atoms with van der Waals surface area (Å²) in [6, 6.07) is 19.7. The lowest BCUT2D eigenvalue weighted by atomic mass is 10.1. The number of aryl methyl sites for hydroxylation is 1. The molecule has 4 rings (SSSR count). The molecule has 0 atom stereocenters. The number of hydrogen-bond donors (Lipinski definition) is 0. The Kier molecular flexibility index (Phi) is 5.04. The maximum atomic E-state index is 9.49. The van der Waals surface area contributed by atoms with Gasteiger partial charge >= 0.3 is 0 Å². The number of allylic oxidation sites excluding steroid dienone is 1. The van der Waals surface area contributed by atoms with Crippen LogP contribution in [0.15, 0.2) is 68.3 Å². The number of para-hydroxylation sites is 1. The molecule has 6 heteroatoms. The van der Waals surface area contributed by atoms with Crippen LogP contribution in [0.4, 0.5) is 0 Å². The summed E-state index contributed by atoms with van der Waals surface area (Å²) >= 11 is 9.11. The van der Waals surface area contributed by atoms with E-state index in [9.17, 15) is 5.26 Å². The summed E-state index contributed by atoms with van der Waals surface area (Å²) in [5.74, 6) is 1.33. The zero-order chi connectivity index (χ0) is 18.8. The number of halogens is 1. The van der Waals surface area contributed by atoms with Gasteiger partial charge in [-0.3, -0.25) is 0 Å². The van der Waals surface area contributed by atoms with Gasteiger partial charge in [-0.1, -0.05) is 35.9 Å². The van der Waals surface area contributed by atoms with Crippen LogP contribution in [0.5, 0.6) is 0 Å². The van der Waals surface area contributed by atoms with Gasteiger partial charge in [-0.05, 0) is 54.6 Å². The van der Waals surface area contributed by atoms with Crippen LogP contribution in [0.2, 0.25) is 5.02 Å². The Balaban J connectivity index is 1.58. The summed E-state index contributed by atoms with van der Waals surface area (Å²) in [6.45, 7) is 1.96. The molecule has 132 valence electrons. The van der Waals surface area contributed by atoms with Crippen molar-refractivity contribution in [3.05, 3.63) is 75.8 Å². The smallest absolute Gasteiger partial charge is 0.156 e. The predicted octanol–water partition coefficient (Wildman–Crippen LogP) is 7.17. The number of thioether (sulfide) groups is 1. The van der Waals surface area contributed by atoms with Crippen LogP contribution in [0.25, 0.3) is 27.6 Å². The Morgan fingerprint density at radius 2 is 2.07 bits per heavy atom. The lowest BCUT2D eigenvalue weighted by Gasteiger charge is -2.00. The minimum atomic E-state index is 0.525. The molecule has 0 aliphatic carbocycles. The van der Waals surface area contributed by atoms with E-state index in [0.717, 1.165) is 25.7 Å². The van der Waals surface area contributed by atoms with Crippen molar-refractivity contribution < 1.29 is 4.42 Å². The quantitative estimate of drug-likeness (QED) is 0.265. The lowest BCUT2D eigenvalue weighted by molar-refractivity contribution is 0.571. The van der Waals surface area contributed by atoms with Crippen molar-refractivity contribution in [1.29, 1.82) is 5.26 Å². The molecule has 27 heavy (non-hydrogen) atoms. The minimum absolute atomic E-state index is 0.525. The third-order valence-corrected chi connectivity index (χ3v) is 6.37. The number of rotatable bonds is 4. The van der Waals surface area contributed by atoms with E-state index in [-0.39, 0.29) is 0 Å². The molecule has 0 aliphatic rings. The first-order valence-corrected chi connectivity index (χ1v) is 10.1. The molecule has 0 spiro atoms. The number of aromatic nitrogens is 1. The van der Waals surface area contributed by atoms with Crippen LogP contribution in [0, 0.1) is 18.3 Å². The number of fused-ring (bicyclic) bond motifs is 1. The first-order valence-electron chi connectivity index (χ1n) is 8.14. The molecule has 0 N–H and O–H groups in total. The molecule has 4 aromatic rings. The van der Waals surface area contributed by atoms with E-state index < -0.39 is 0 Å². The molecule has 0 saturated carbocycles. The van der Waals surface area contributed by atoms with Gasteiger partial charge in [-0.15, -0.1) is 11.3 Å². The summed E-state index contributed by atoms with van der Waals surface area (Å²) in [4.78, 5) is 5.08. The molecule has 0 amide bonds. The van der Waals surface area contributed by atoms with Crippen molar-refractivity contribution in [2.45, 2.75) is 11.3 Å². The molecule has 0 aliphatic heterocycles. The van der Waals surface area contributed by atoms with Crippen LogP contribution in [0.1, 0.15) is 11.3 Å². The molecule has 0 unspecified atom stereocenters. The SMILES string of the molecule is Cc1ccc(-c2ccc(C=C(C#N)Sc3nc4ccccc4s3)o2)cc1Cl. The second kappa shape index (κ2) is 7.61. The summed E-state index contributed by atoms with van der Waals surface area (Å²) in [5.41, 5.74) is 2.87. The average Bonchev–Trinajstić information content (AvgIpc) is 3.29. The summed E-state index contributed by atoms with van der Waals surface area (Å²) in [7, 11) is 0. The third-order valence-electron chi connectivity index (χ3n) is 3.94. The fraction of sp³-hybridized carbons (Fsp3) is 0.0476. The zero-order valence-electron chi connectivity index (χ0n) is 14.3. The monoisotopic (exact) mass is 408 g/mol. The van der Waals surface area contributed by atoms with E-state index in [2.05, 4.69) is 11.1 Å². The van der Waals surface area contributed by atoms with Gasteiger partial charge in [0.05, 0.1) is 15.1 Å². The maximum absolute atomic E-state index is 9.49. The van der Waals surface area contributed by atoms with Gasteiger partial charge in [0.15, 0.2) is 4.34 Å². The van der Waals surface area contributed by atoms with Crippen molar-refractivity contribution in [3.63, 3.8) is 0 Å². The normalized spacial score (nSPS) is 11.7. The number of nitrogens with zero attached hydrogens (tertiary/aromatic N) is 2. The second-order valence-electron chi connectivity index (χ2n) is 5.84. The average molecular weight is 409 g/mol. The molecular weight excluding hydrogens is 396 g/mol. The van der Waals surface area contributed by atoms with Crippen molar-refractivity contribution in [3.8, 4) is 17.4 Å². The highest BCUT2D eigenvalue weighted by Crippen LogP contribution is 2.35. The van der Waals surface area contributed by atoms with Crippen molar-refractivity contribution in [2.24, 2.45) is 0 Å². The molecule has 0 saturated heterocycles. The summed E-state index contributed by atoms with van der Waals surface area (Å²) in [6.07, 6.45) is 1.73. The van der Waals surface area contributed by atoms with Crippen LogP contribution < -0.4 is 0 Å². The first-order chi connectivity index (χ1) is 13.1. The Labute approximate surface area is 169 Å². The molecule has 3 nitrogen and oxygen atoms in total. The second-order valence-corrected chi connectivity index (χ2v) is 8.56. The molecule has 2 aromatic heterocycles. The topological polar surface area (TPSA) is 49.8 Å². The Hall–Kier alpha value is -2.52. The molecule has 0 radical (unpaired) electrons. The van der Waals surface area contributed by atoms with E-state index in [4.69, 9.17) is 16.0 Å². The van der Waals surface area contributed by atoms with Crippen LogP contribution >= 0.6 is 34.7 Å². The predicted molar refractivity (Wildman–Crippen MR) is 113 cm³/mol. The van der Waals surface area contributed by atoms with Gasteiger partial charge in [-0.2, -0.15) is 5.26 Å². The van der Waals surface area contributed by atoms with Gasteiger partial charge in [0.25, 0.3) is 0 Å². The Morgan fingerprint density at radius 1 is 1.22 bits per heavy atom. The molecular formula is C21H13ClN2OS2. The van der Waals surface area contributed by atoms with Crippen LogP contribution in [0.3, 0.4) is 0 Å². The minimum Gasteiger partial charge on any atom is -0.457 e. The van der Waals surface area contributed by atoms with E-state index in [1.54, 1.807) is 17.4 Å². The number of nitriles is 1. The number of furan rings is 1. The third kappa shape index (κ3) is 3.93. The molecule has 2 aromatic carbocycles. The van der Waals surface area contributed by atoms with E-state index in [1.807, 2.05) is 61.5 Å². The van der Waals surface area contributed by atoms with Crippen LogP contribution in [-0.4, -0.2) is 4.98 Å². The lowest BCUT2D eigenvalue weighted by Crippen LogP contribution is -1.78. The summed E-state index contributed by atoms with van der Waals surface area (Å²) in [5, 5.41) is 10.2. The molecule has 2 heterocycles. The first kappa shape index (κ1) is 17.9. The fourth-order valence-corrected chi connectivity index (χ4v) is 4.67. The van der Waals surface area contributed by atoms with Crippen molar-refractivity contribution in [1.82, 2.24) is 4.98 Å². The largest absolute Gasteiger partial charge is 0.457 e. The highest BCUT2D eigenvalue weighted by Gasteiger charge is 2.10. The van der Waals surface area contributed by atoms with Gasteiger partial charge in [-0.25, -0.2) is 4.98 Å². The maximum Gasteiger partial charge on any atom is 0.156 e. The van der Waals surface area contributed by atoms with E-state index in [1.165, 1.54) is 11.8 Å². The summed E-state index contributed by atoms with van der Waals surface area (Å²) < 4.78 is 7.82. The molecule has 0 bridgehead atoms. The highest BCUT2D eigenvalue weighted by molar-refractivity contribution is 8.05. The van der Waals surface area contributed by atoms with Crippen LogP contribution in [-0.2, 0) is 0 Å². The van der Waals surface area contributed by atoms with Gasteiger partial charge < -0.3 is 4.42 Å². The van der Waals surface area contributed by atoms with E-state index >= 15 is 0 Å². The van der Waals surface area contributed by atoms with Gasteiger partial charge in [0.1, 0.15) is 17.6 Å². The van der Waals surface area contributed by atoms with Gasteiger partial charge in [0, 0.05) is 16.7 Å². The van der Waals surface area contributed by atoms with Crippen molar-refractivity contribution >= 4 is 51.0 Å². The number of benzene rings is 2. The Bertz CT molecular complexity index is 1170. The number of thiazole rings is 1. The zero-order valence-corrected chi connectivity index (χ0v) is 16.7. The Morgan fingerprint density at radius 3 is 2.85 bits per heavy atom. The highest BCUT2D eigenvalue weighted by atomic mass is 35.5. The fourth-order valence-electron chi connectivity index (χ4n) is 2.53. The standard InChI is InChI=1S/C21H13ClN2OS2/c1-13-6-7-14(10-17(13)22)19-9-8-15(25-19)11-16(12-23)26-21-24-18-4-2-3-5-20(18)27-21/h2-11H,1H3.